The largest absolute Gasteiger partial charge is 0.493 e. The van der Waals surface area contributed by atoms with Crippen molar-refractivity contribution >= 4 is 22.7 Å². The molecule has 5 rings (SSSR count). The van der Waals surface area contributed by atoms with Crippen molar-refractivity contribution in [3.63, 3.8) is 0 Å². The van der Waals surface area contributed by atoms with Gasteiger partial charge < -0.3 is 24.7 Å². The Kier molecular flexibility index (Phi) is 9.56. The number of piperidine rings is 2. The minimum absolute atomic E-state index is 0.0259. The number of nitrogens with zero attached hydrogens (tertiary/aromatic N) is 3. The first-order chi connectivity index (χ1) is 20.8. The third kappa shape index (κ3) is 6.65. The predicted molar refractivity (Wildman–Crippen MR) is 167 cm³/mol. The second-order valence-corrected chi connectivity index (χ2v) is 12.0. The summed E-state index contributed by atoms with van der Waals surface area (Å²) < 4.78 is 11.0. The number of nitriles is 1. The highest BCUT2D eigenvalue weighted by Gasteiger charge is 2.30. The number of aromatic amines is 1. The van der Waals surface area contributed by atoms with E-state index >= 15 is 0 Å². The summed E-state index contributed by atoms with van der Waals surface area (Å²) in [5.74, 6) is 2.02. The van der Waals surface area contributed by atoms with Crippen LogP contribution < -0.4 is 14.8 Å². The number of H-pyrrole nitrogens is 1. The molecule has 2 fully saturated rings. The van der Waals surface area contributed by atoms with E-state index < -0.39 is 0 Å². The van der Waals surface area contributed by atoms with Crippen LogP contribution in [-0.4, -0.2) is 80.1 Å². The molecule has 2 N–H and O–H groups in total. The van der Waals surface area contributed by atoms with E-state index in [-0.39, 0.29) is 24.3 Å². The van der Waals surface area contributed by atoms with Gasteiger partial charge in [0.05, 0.1) is 38.4 Å². The fraction of sp³-hybridized carbons (Fsp3) is 0.500. The number of hydrogen-bond donors (Lipinski definition) is 2. The van der Waals surface area contributed by atoms with Crippen LogP contribution in [0.25, 0.3) is 22.2 Å². The van der Waals surface area contributed by atoms with E-state index in [1.165, 1.54) is 16.5 Å². The highest BCUT2D eigenvalue weighted by atomic mass is 16.5. The smallest absolute Gasteiger partial charge is 0.236 e. The maximum atomic E-state index is 13.2. The Labute approximate surface area is 254 Å². The molecule has 0 radical (unpaired) electrons. The van der Waals surface area contributed by atoms with E-state index in [0.717, 1.165) is 62.1 Å². The minimum Gasteiger partial charge on any atom is -0.493 e. The molecule has 9 nitrogen and oxygen atoms in total. The number of methoxy groups -OCH3 is 2. The molecule has 0 unspecified atom stereocenters. The van der Waals surface area contributed by atoms with Gasteiger partial charge in [0, 0.05) is 36.1 Å². The number of benzene rings is 2. The van der Waals surface area contributed by atoms with Gasteiger partial charge in [0.1, 0.15) is 6.54 Å². The van der Waals surface area contributed by atoms with E-state index in [0.29, 0.717) is 36.4 Å². The molecule has 3 heterocycles. The number of fused-ring (bicyclic) bond motifs is 1. The standard InChI is InChI=1S/C34H43N5O4/c1-22(2)32-27-18-24(7-9-28(27)37-33(32)25-8-10-29(42-3)30(19-25)43-4)23-11-16-39(17-12-23)31(40)21-38-15-5-6-26(20-38)34(41)36-14-13-35/h7-10,18-19,22-23,26,37H,5-6,11-12,14-17,20-21H2,1-4H3,(H,36,41)/t26-/m0/s1. The van der Waals surface area contributed by atoms with Crippen LogP contribution in [-0.2, 0) is 9.59 Å². The van der Waals surface area contributed by atoms with Gasteiger partial charge in [-0.15, -0.1) is 0 Å². The number of ether oxygens (including phenoxy) is 2. The predicted octanol–water partition coefficient (Wildman–Crippen LogP) is 5.03. The summed E-state index contributed by atoms with van der Waals surface area (Å²) in [4.78, 5) is 33.3. The van der Waals surface area contributed by atoms with Gasteiger partial charge in [-0.25, -0.2) is 0 Å². The number of likely N-dealkylation sites (tertiary alicyclic amines) is 2. The molecule has 1 atom stereocenters. The normalized spacial score (nSPS) is 18.0. The molecule has 228 valence electrons. The monoisotopic (exact) mass is 585 g/mol. The quantitative estimate of drug-likeness (QED) is 0.341. The molecule has 0 aliphatic carbocycles. The molecule has 0 bridgehead atoms. The third-order valence-corrected chi connectivity index (χ3v) is 9.01. The number of nitrogens with one attached hydrogen (secondary N) is 2. The molecular weight excluding hydrogens is 542 g/mol. The summed E-state index contributed by atoms with van der Waals surface area (Å²) in [6, 6.07) is 14.8. The summed E-state index contributed by atoms with van der Waals surface area (Å²) in [6.45, 7) is 7.70. The molecular formula is C34H43N5O4. The highest BCUT2D eigenvalue weighted by molar-refractivity contribution is 5.92. The zero-order valence-electron chi connectivity index (χ0n) is 25.7. The summed E-state index contributed by atoms with van der Waals surface area (Å²) >= 11 is 0. The maximum Gasteiger partial charge on any atom is 0.236 e. The van der Waals surface area contributed by atoms with Gasteiger partial charge in [0.15, 0.2) is 11.5 Å². The number of rotatable bonds is 9. The van der Waals surface area contributed by atoms with Crippen molar-refractivity contribution in [2.45, 2.75) is 51.4 Å². The van der Waals surface area contributed by atoms with E-state index in [1.54, 1.807) is 14.2 Å². The molecule has 2 amide bonds. The third-order valence-electron chi connectivity index (χ3n) is 9.01. The van der Waals surface area contributed by atoms with Crippen molar-refractivity contribution in [3.05, 3.63) is 47.5 Å². The van der Waals surface area contributed by atoms with E-state index in [2.05, 4.69) is 53.3 Å². The Morgan fingerprint density at radius 2 is 1.81 bits per heavy atom. The Morgan fingerprint density at radius 1 is 1.05 bits per heavy atom. The molecule has 0 spiro atoms. The summed E-state index contributed by atoms with van der Waals surface area (Å²) in [5.41, 5.74) is 5.89. The van der Waals surface area contributed by atoms with Crippen molar-refractivity contribution in [2.24, 2.45) is 5.92 Å². The molecule has 2 aliphatic rings. The van der Waals surface area contributed by atoms with Gasteiger partial charge in [-0.3, -0.25) is 14.5 Å². The van der Waals surface area contributed by atoms with Gasteiger partial charge in [0.2, 0.25) is 11.8 Å². The van der Waals surface area contributed by atoms with Crippen LogP contribution in [0.4, 0.5) is 0 Å². The van der Waals surface area contributed by atoms with Crippen LogP contribution >= 0.6 is 0 Å². The van der Waals surface area contributed by atoms with E-state index in [4.69, 9.17) is 14.7 Å². The summed E-state index contributed by atoms with van der Waals surface area (Å²) in [6.07, 6.45) is 3.54. The Balaban J connectivity index is 1.25. The fourth-order valence-electron chi connectivity index (χ4n) is 6.74. The van der Waals surface area contributed by atoms with Crippen LogP contribution in [0.15, 0.2) is 36.4 Å². The maximum absolute atomic E-state index is 13.2. The first-order valence-electron chi connectivity index (χ1n) is 15.4. The molecule has 2 aromatic carbocycles. The first-order valence-corrected chi connectivity index (χ1v) is 15.4. The van der Waals surface area contributed by atoms with Gasteiger partial charge in [-0.1, -0.05) is 19.9 Å². The van der Waals surface area contributed by atoms with Crippen LogP contribution in [0.5, 0.6) is 11.5 Å². The molecule has 9 heteroatoms. The first kappa shape index (κ1) is 30.4. The van der Waals surface area contributed by atoms with Gasteiger partial charge in [-0.05, 0) is 85.5 Å². The number of carbonyl (C=O) groups excluding carboxylic acids is 2. The molecule has 0 saturated carbocycles. The Bertz CT molecular complexity index is 1500. The second-order valence-electron chi connectivity index (χ2n) is 12.0. The zero-order chi connectivity index (χ0) is 30.5. The SMILES string of the molecule is COc1ccc(-c2[nH]c3ccc(C4CCN(C(=O)CN5CCC[C@H](C(=O)NCC#N)C5)CC4)cc3c2C(C)C)cc1OC. The second kappa shape index (κ2) is 13.5. The lowest BCUT2D eigenvalue weighted by atomic mass is 9.87. The van der Waals surface area contributed by atoms with Crippen LogP contribution in [0.2, 0.25) is 0 Å². The van der Waals surface area contributed by atoms with Crippen LogP contribution in [0, 0.1) is 17.2 Å². The van der Waals surface area contributed by atoms with Crippen molar-refractivity contribution in [3.8, 4) is 28.8 Å². The lowest BCUT2D eigenvalue weighted by molar-refractivity contribution is -0.135. The van der Waals surface area contributed by atoms with Crippen LogP contribution in [0.3, 0.4) is 0 Å². The topological polar surface area (TPSA) is 111 Å². The van der Waals surface area contributed by atoms with Gasteiger partial charge in [0.25, 0.3) is 0 Å². The Morgan fingerprint density at radius 3 is 2.51 bits per heavy atom. The number of hydrogen-bond acceptors (Lipinski definition) is 6. The van der Waals surface area contributed by atoms with Crippen molar-refractivity contribution in [1.82, 2.24) is 20.1 Å². The highest BCUT2D eigenvalue weighted by Crippen LogP contribution is 2.40. The molecule has 1 aromatic heterocycles. The average molecular weight is 586 g/mol. The number of amides is 2. The van der Waals surface area contributed by atoms with E-state index in [1.807, 2.05) is 23.1 Å². The molecule has 3 aromatic rings. The number of carbonyl (C=O) groups is 2. The lowest BCUT2D eigenvalue weighted by Gasteiger charge is -2.36. The molecule has 43 heavy (non-hydrogen) atoms. The van der Waals surface area contributed by atoms with Crippen molar-refractivity contribution in [2.75, 3.05) is 53.5 Å². The summed E-state index contributed by atoms with van der Waals surface area (Å²) in [5, 5.41) is 12.7. The minimum atomic E-state index is -0.160. The van der Waals surface area contributed by atoms with Gasteiger partial charge in [-0.2, -0.15) is 5.26 Å². The number of aromatic nitrogens is 1. The van der Waals surface area contributed by atoms with Crippen LogP contribution in [0.1, 0.15) is 62.5 Å². The lowest BCUT2D eigenvalue weighted by Crippen LogP contribution is -2.48. The molecule has 2 aliphatic heterocycles. The summed E-state index contributed by atoms with van der Waals surface area (Å²) in [7, 11) is 3.30. The molecule has 2 saturated heterocycles. The van der Waals surface area contributed by atoms with Crippen molar-refractivity contribution < 1.29 is 19.1 Å². The van der Waals surface area contributed by atoms with E-state index in [9.17, 15) is 9.59 Å². The van der Waals surface area contributed by atoms with Crippen molar-refractivity contribution in [1.29, 1.82) is 5.26 Å². The average Bonchev–Trinajstić information content (AvgIpc) is 3.42. The zero-order valence-corrected chi connectivity index (χ0v) is 25.7. The van der Waals surface area contributed by atoms with Gasteiger partial charge >= 0.3 is 0 Å². The fourth-order valence-corrected chi connectivity index (χ4v) is 6.74. The Hall–Kier alpha value is -4.03.